The molecule has 0 bridgehead atoms. The van der Waals surface area contributed by atoms with Crippen LogP contribution < -0.4 is 5.32 Å². The average molecular weight is 212 g/mol. The molecule has 14 heavy (non-hydrogen) atoms. The van der Waals surface area contributed by atoms with Gasteiger partial charge in [-0.2, -0.15) is 0 Å². The summed E-state index contributed by atoms with van der Waals surface area (Å²) in [4.78, 5) is 4.54. The summed E-state index contributed by atoms with van der Waals surface area (Å²) in [5.41, 5.74) is 1.13. The lowest BCUT2D eigenvalue weighted by Crippen LogP contribution is -2.26. The quantitative estimate of drug-likeness (QED) is 0.811. The lowest BCUT2D eigenvalue weighted by molar-refractivity contribution is 0.411. The molecule has 1 rings (SSSR count). The second kappa shape index (κ2) is 5.47. The van der Waals surface area contributed by atoms with Gasteiger partial charge in [-0.15, -0.1) is 11.3 Å². The molecule has 2 nitrogen and oxygen atoms in total. The topological polar surface area (TPSA) is 24.9 Å². The van der Waals surface area contributed by atoms with Gasteiger partial charge in [0.2, 0.25) is 0 Å². The number of aryl methyl sites for hydroxylation is 1. The first-order valence-corrected chi connectivity index (χ1v) is 6.18. The zero-order valence-corrected chi connectivity index (χ0v) is 10.3. The fourth-order valence-electron chi connectivity index (χ4n) is 1.42. The molecule has 1 N–H and O–H groups in total. The standard InChI is InChI=1S/C11H20N2S/c1-5-6-12-10(8(2)3)11-13-9(4)7-14-11/h7-8,10,12H,5-6H2,1-4H3. The van der Waals surface area contributed by atoms with Crippen LogP contribution in [0.3, 0.4) is 0 Å². The third-order valence-corrected chi connectivity index (χ3v) is 3.23. The van der Waals surface area contributed by atoms with E-state index in [0.717, 1.165) is 12.2 Å². The van der Waals surface area contributed by atoms with Crippen molar-refractivity contribution < 1.29 is 0 Å². The SMILES string of the molecule is CCCNC(c1nc(C)cs1)C(C)C. The molecule has 80 valence electrons. The van der Waals surface area contributed by atoms with Crippen LogP contribution in [-0.4, -0.2) is 11.5 Å². The van der Waals surface area contributed by atoms with Crippen LogP contribution in [0.1, 0.15) is 43.9 Å². The lowest BCUT2D eigenvalue weighted by Gasteiger charge is -2.19. The Labute approximate surface area is 90.8 Å². The molecule has 1 atom stereocenters. The number of hydrogen-bond acceptors (Lipinski definition) is 3. The first-order valence-electron chi connectivity index (χ1n) is 5.30. The van der Waals surface area contributed by atoms with Crippen LogP contribution in [-0.2, 0) is 0 Å². The van der Waals surface area contributed by atoms with E-state index in [0.29, 0.717) is 12.0 Å². The van der Waals surface area contributed by atoms with E-state index < -0.39 is 0 Å². The van der Waals surface area contributed by atoms with Crippen LogP contribution in [0.4, 0.5) is 0 Å². The molecule has 0 radical (unpaired) electrons. The number of nitrogens with one attached hydrogen (secondary N) is 1. The molecule has 1 aromatic rings. The predicted molar refractivity (Wildman–Crippen MR) is 62.7 cm³/mol. The third kappa shape index (κ3) is 3.07. The van der Waals surface area contributed by atoms with E-state index in [1.807, 2.05) is 0 Å². The van der Waals surface area contributed by atoms with Crippen LogP contribution in [0.5, 0.6) is 0 Å². The van der Waals surface area contributed by atoms with Crippen molar-refractivity contribution in [3.63, 3.8) is 0 Å². The normalized spacial score (nSPS) is 13.5. The highest BCUT2D eigenvalue weighted by Gasteiger charge is 2.17. The average Bonchev–Trinajstić information content (AvgIpc) is 2.52. The first kappa shape index (κ1) is 11.7. The monoisotopic (exact) mass is 212 g/mol. The van der Waals surface area contributed by atoms with Crippen LogP contribution >= 0.6 is 11.3 Å². The van der Waals surface area contributed by atoms with Gasteiger partial charge in [-0.05, 0) is 25.8 Å². The van der Waals surface area contributed by atoms with Gasteiger partial charge in [0.05, 0.1) is 6.04 Å². The molecule has 0 amide bonds. The van der Waals surface area contributed by atoms with Gasteiger partial charge in [0.1, 0.15) is 5.01 Å². The highest BCUT2D eigenvalue weighted by molar-refractivity contribution is 7.09. The van der Waals surface area contributed by atoms with Crippen molar-refractivity contribution in [1.82, 2.24) is 10.3 Å². The summed E-state index contributed by atoms with van der Waals surface area (Å²) >= 11 is 1.76. The third-order valence-electron chi connectivity index (χ3n) is 2.18. The summed E-state index contributed by atoms with van der Waals surface area (Å²) in [5, 5.41) is 6.90. The second-order valence-electron chi connectivity index (χ2n) is 4.00. The van der Waals surface area contributed by atoms with E-state index in [9.17, 15) is 0 Å². The largest absolute Gasteiger partial charge is 0.308 e. The molecule has 0 aliphatic rings. The fourth-order valence-corrected chi connectivity index (χ4v) is 2.47. The van der Waals surface area contributed by atoms with Crippen LogP contribution in [0.2, 0.25) is 0 Å². The van der Waals surface area contributed by atoms with Gasteiger partial charge in [0.25, 0.3) is 0 Å². The van der Waals surface area contributed by atoms with E-state index in [4.69, 9.17) is 0 Å². The van der Waals surface area contributed by atoms with Crippen molar-refractivity contribution >= 4 is 11.3 Å². The lowest BCUT2D eigenvalue weighted by atomic mass is 10.1. The van der Waals surface area contributed by atoms with Crippen molar-refractivity contribution in [3.8, 4) is 0 Å². The summed E-state index contributed by atoms with van der Waals surface area (Å²) in [6.45, 7) is 9.80. The summed E-state index contributed by atoms with van der Waals surface area (Å²) < 4.78 is 0. The maximum Gasteiger partial charge on any atom is 0.110 e. The molecule has 0 aliphatic carbocycles. The van der Waals surface area contributed by atoms with Gasteiger partial charge in [-0.1, -0.05) is 20.8 Å². The Balaban J connectivity index is 2.67. The Hall–Kier alpha value is -0.410. The molecule has 0 saturated carbocycles. The second-order valence-corrected chi connectivity index (χ2v) is 4.89. The molecular weight excluding hydrogens is 192 g/mol. The van der Waals surface area contributed by atoms with Crippen molar-refractivity contribution in [2.75, 3.05) is 6.54 Å². The van der Waals surface area contributed by atoms with Crippen LogP contribution in [0.15, 0.2) is 5.38 Å². The number of hydrogen-bond donors (Lipinski definition) is 1. The van der Waals surface area contributed by atoms with E-state index in [1.165, 1.54) is 11.4 Å². The molecule has 1 unspecified atom stereocenters. The summed E-state index contributed by atoms with van der Waals surface area (Å²) in [7, 11) is 0. The number of nitrogens with zero attached hydrogens (tertiary/aromatic N) is 1. The molecule has 0 spiro atoms. The minimum Gasteiger partial charge on any atom is -0.308 e. The Morgan fingerprint density at radius 3 is 2.64 bits per heavy atom. The fraction of sp³-hybridized carbons (Fsp3) is 0.727. The number of rotatable bonds is 5. The molecule has 0 aromatic carbocycles. The highest BCUT2D eigenvalue weighted by Crippen LogP contribution is 2.24. The molecule has 0 saturated heterocycles. The van der Waals surface area contributed by atoms with Gasteiger partial charge in [0.15, 0.2) is 0 Å². The molecule has 0 aliphatic heterocycles. The maximum atomic E-state index is 4.54. The Morgan fingerprint density at radius 2 is 2.21 bits per heavy atom. The van der Waals surface area contributed by atoms with Gasteiger partial charge in [0, 0.05) is 11.1 Å². The number of thiazole rings is 1. The molecule has 1 aromatic heterocycles. The Kier molecular flexibility index (Phi) is 4.55. The van der Waals surface area contributed by atoms with Gasteiger partial charge >= 0.3 is 0 Å². The smallest absolute Gasteiger partial charge is 0.110 e. The van der Waals surface area contributed by atoms with Gasteiger partial charge in [-0.3, -0.25) is 0 Å². The van der Waals surface area contributed by atoms with Crippen molar-refractivity contribution in [3.05, 3.63) is 16.1 Å². The zero-order chi connectivity index (χ0) is 10.6. The van der Waals surface area contributed by atoms with Gasteiger partial charge < -0.3 is 5.32 Å². The molecule has 1 heterocycles. The van der Waals surface area contributed by atoms with E-state index >= 15 is 0 Å². The molecule has 3 heteroatoms. The van der Waals surface area contributed by atoms with E-state index in [-0.39, 0.29) is 0 Å². The Morgan fingerprint density at radius 1 is 1.50 bits per heavy atom. The van der Waals surface area contributed by atoms with Crippen molar-refractivity contribution in [2.24, 2.45) is 5.92 Å². The molecule has 0 fully saturated rings. The minimum absolute atomic E-state index is 0.425. The zero-order valence-electron chi connectivity index (χ0n) is 9.50. The van der Waals surface area contributed by atoms with Crippen molar-refractivity contribution in [2.45, 2.75) is 40.2 Å². The van der Waals surface area contributed by atoms with Crippen molar-refractivity contribution in [1.29, 1.82) is 0 Å². The summed E-state index contributed by atoms with van der Waals surface area (Å²) in [6.07, 6.45) is 1.17. The highest BCUT2D eigenvalue weighted by atomic mass is 32.1. The first-order chi connectivity index (χ1) is 6.65. The van der Waals surface area contributed by atoms with E-state index in [2.05, 4.69) is 43.4 Å². The van der Waals surface area contributed by atoms with E-state index in [1.54, 1.807) is 11.3 Å². The predicted octanol–water partition coefficient (Wildman–Crippen LogP) is 3.15. The van der Waals surface area contributed by atoms with Crippen LogP contribution in [0, 0.1) is 12.8 Å². The summed E-state index contributed by atoms with van der Waals surface area (Å²) in [5.74, 6) is 0.604. The minimum atomic E-state index is 0.425. The van der Waals surface area contributed by atoms with Crippen LogP contribution in [0.25, 0.3) is 0 Å². The Bertz CT molecular complexity index is 268. The maximum absolute atomic E-state index is 4.54. The van der Waals surface area contributed by atoms with Gasteiger partial charge in [-0.25, -0.2) is 4.98 Å². The molecular formula is C11H20N2S. The number of aromatic nitrogens is 1. The summed E-state index contributed by atoms with van der Waals surface area (Å²) in [6, 6.07) is 0.425.